The molecule has 0 atom stereocenters. The first-order valence-corrected chi connectivity index (χ1v) is 12.7. The van der Waals surface area contributed by atoms with Crippen molar-refractivity contribution in [3.63, 3.8) is 0 Å². The lowest BCUT2D eigenvalue weighted by molar-refractivity contribution is 0.0953. The topological polar surface area (TPSA) is 65.4 Å². The number of benzene rings is 3. The lowest BCUT2D eigenvalue weighted by Crippen LogP contribution is -2.25. The van der Waals surface area contributed by atoms with Gasteiger partial charge in [-0.3, -0.25) is 4.79 Å². The smallest absolute Gasteiger partial charge is 0.251 e. The molecule has 35 heavy (non-hydrogen) atoms. The number of aryl methyl sites for hydroxylation is 2. The van der Waals surface area contributed by atoms with Crippen molar-refractivity contribution in [2.24, 2.45) is 0 Å². The highest BCUT2D eigenvalue weighted by molar-refractivity contribution is 9.10. The Morgan fingerprint density at radius 1 is 0.971 bits per heavy atom. The Labute approximate surface area is 214 Å². The van der Waals surface area contributed by atoms with Gasteiger partial charge in [-0.2, -0.15) is 0 Å². The maximum atomic E-state index is 12.4. The number of unbranched alkanes of at least 4 members (excludes halogenated alkanes) is 1. The molecule has 0 aliphatic carbocycles. The van der Waals surface area contributed by atoms with E-state index >= 15 is 0 Å². The molecule has 1 N–H and O–H groups in total. The summed E-state index contributed by atoms with van der Waals surface area (Å²) in [5, 5.41) is 3.01. The molecule has 0 saturated heterocycles. The zero-order valence-corrected chi connectivity index (χ0v) is 21.5. The number of nitrogens with zero attached hydrogens (tertiary/aromatic N) is 2. The predicted octanol–water partition coefficient (Wildman–Crippen LogP) is 6.03. The van der Waals surface area contributed by atoms with E-state index in [1.807, 2.05) is 60.7 Å². The maximum Gasteiger partial charge on any atom is 0.251 e. The van der Waals surface area contributed by atoms with E-state index in [1.54, 1.807) is 7.11 Å². The molecule has 1 aromatic heterocycles. The molecule has 182 valence electrons. The van der Waals surface area contributed by atoms with Gasteiger partial charge in [0.05, 0.1) is 24.8 Å². The summed E-state index contributed by atoms with van der Waals surface area (Å²) in [6, 6.07) is 23.4. The second-order valence-corrected chi connectivity index (χ2v) is 9.16. The van der Waals surface area contributed by atoms with Gasteiger partial charge in [-0.25, -0.2) is 4.98 Å². The van der Waals surface area contributed by atoms with E-state index in [0.29, 0.717) is 18.7 Å². The number of rotatable bonds is 12. The third kappa shape index (κ3) is 6.63. The normalized spacial score (nSPS) is 10.9. The van der Waals surface area contributed by atoms with Crippen LogP contribution in [0, 0.1) is 0 Å². The summed E-state index contributed by atoms with van der Waals surface area (Å²) >= 11 is 3.41. The fourth-order valence-corrected chi connectivity index (χ4v) is 4.44. The molecule has 0 aliphatic heterocycles. The Morgan fingerprint density at radius 2 is 1.77 bits per heavy atom. The number of carbonyl (C=O) groups excluding carboxylic acids is 1. The number of aromatic nitrogens is 2. The molecule has 0 spiro atoms. The van der Waals surface area contributed by atoms with Crippen LogP contribution < -0.4 is 14.8 Å². The van der Waals surface area contributed by atoms with Crippen LogP contribution in [0.2, 0.25) is 0 Å². The Bertz CT molecular complexity index is 1270. The van der Waals surface area contributed by atoms with E-state index in [1.165, 1.54) is 0 Å². The molecule has 3 aromatic carbocycles. The summed E-state index contributed by atoms with van der Waals surface area (Å²) in [6.45, 7) is 2.10. The van der Waals surface area contributed by atoms with Gasteiger partial charge in [0.15, 0.2) is 11.5 Å². The highest BCUT2D eigenvalue weighted by Gasteiger charge is 2.11. The third-order valence-electron chi connectivity index (χ3n) is 5.79. The first-order chi connectivity index (χ1) is 17.2. The average Bonchev–Trinajstić information content (AvgIpc) is 3.23. The summed E-state index contributed by atoms with van der Waals surface area (Å²) in [5.74, 6) is 2.51. The minimum Gasteiger partial charge on any atom is -0.493 e. The number of fused-ring (bicyclic) bond motifs is 1. The molecule has 0 radical (unpaired) electrons. The molecule has 1 amide bonds. The van der Waals surface area contributed by atoms with Gasteiger partial charge in [0.25, 0.3) is 5.91 Å². The number of para-hydroxylation sites is 4. The number of methoxy groups -OCH3 is 1. The molecule has 0 saturated carbocycles. The largest absolute Gasteiger partial charge is 0.493 e. The molecule has 0 unspecified atom stereocenters. The number of nitrogens with one attached hydrogen (secondary N) is 1. The van der Waals surface area contributed by atoms with E-state index in [0.717, 1.165) is 65.1 Å². The van der Waals surface area contributed by atoms with E-state index in [2.05, 4.69) is 37.9 Å². The third-order valence-corrected chi connectivity index (χ3v) is 6.28. The van der Waals surface area contributed by atoms with E-state index < -0.39 is 0 Å². The highest BCUT2D eigenvalue weighted by Crippen LogP contribution is 2.26. The number of amides is 1. The minimum absolute atomic E-state index is 0.0603. The van der Waals surface area contributed by atoms with Gasteiger partial charge < -0.3 is 19.4 Å². The number of carbonyl (C=O) groups is 1. The van der Waals surface area contributed by atoms with Crippen molar-refractivity contribution >= 4 is 32.9 Å². The van der Waals surface area contributed by atoms with Crippen LogP contribution in [0.25, 0.3) is 11.0 Å². The molecular weight excluding hydrogens is 506 g/mol. The van der Waals surface area contributed by atoms with Crippen LogP contribution in [0.3, 0.4) is 0 Å². The summed E-state index contributed by atoms with van der Waals surface area (Å²) in [6.07, 6.45) is 3.51. The van der Waals surface area contributed by atoms with Crippen LogP contribution >= 0.6 is 15.9 Å². The van der Waals surface area contributed by atoms with Gasteiger partial charge in [-0.15, -0.1) is 0 Å². The average molecular weight is 536 g/mol. The SMILES string of the molecule is COc1ccccc1OCCCCn1c(CCCNC(=O)c2cccc(Br)c2)nc2ccccc21. The van der Waals surface area contributed by atoms with Gasteiger partial charge in [0.2, 0.25) is 0 Å². The molecular formula is C28H30BrN3O3. The van der Waals surface area contributed by atoms with E-state index in [-0.39, 0.29) is 5.91 Å². The standard InChI is InChI=1S/C28H30BrN3O3/c1-34-25-14-4-5-15-26(25)35-19-7-6-18-32-24-13-3-2-12-23(24)31-27(32)16-9-17-30-28(33)21-10-8-11-22(29)20-21/h2-5,8,10-15,20H,6-7,9,16-19H2,1H3,(H,30,33). The molecule has 1 heterocycles. The molecule has 4 rings (SSSR count). The molecule has 4 aromatic rings. The quantitative estimate of drug-likeness (QED) is 0.225. The number of hydrogen-bond acceptors (Lipinski definition) is 4. The fourth-order valence-electron chi connectivity index (χ4n) is 4.04. The zero-order valence-electron chi connectivity index (χ0n) is 19.9. The van der Waals surface area contributed by atoms with E-state index in [4.69, 9.17) is 14.5 Å². The van der Waals surface area contributed by atoms with Crippen molar-refractivity contribution < 1.29 is 14.3 Å². The summed E-state index contributed by atoms with van der Waals surface area (Å²) < 4.78 is 14.5. The van der Waals surface area contributed by atoms with Crippen molar-refractivity contribution in [2.45, 2.75) is 32.2 Å². The predicted molar refractivity (Wildman–Crippen MR) is 142 cm³/mol. The molecule has 0 aliphatic rings. The second-order valence-electron chi connectivity index (χ2n) is 8.24. The molecule has 6 nitrogen and oxygen atoms in total. The number of imidazole rings is 1. The highest BCUT2D eigenvalue weighted by atomic mass is 79.9. The first-order valence-electron chi connectivity index (χ1n) is 11.9. The lowest BCUT2D eigenvalue weighted by atomic mass is 10.2. The number of ether oxygens (including phenoxy) is 2. The Hall–Kier alpha value is -3.32. The Kier molecular flexibility index (Phi) is 8.79. The summed E-state index contributed by atoms with van der Waals surface area (Å²) in [7, 11) is 1.65. The summed E-state index contributed by atoms with van der Waals surface area (Å²) in [4.78, 5) is 17.3. The van der Waals surface area contributed by atoms with Crippen molar-refractivity contribution in [1.29, 1.82) is 0 Å². The van der Waals surface area contributed by atoms with Crippen molar-refractivity contribution in [2.75, 3.05) is 20.3 Å². The molecule has 0 fully saturated rings. The van der Waals surface area contributed by atoms with Crippen LogP contribution in [0.5, 0.6) is 11.5 Å². The van der Waals surface area contributed by atoms with Gasteiger partial charge in [0.1, 0.15) is 5.82 Å². The monoisotopic (exact) mass is 535 g/mol. The van der Waals surface area contributed by atoms with Gasteiger partial charge in [-0.1, -0.05) is 46.3 Å². The van der Waals surface area contributed by atoms with Gasteiger partial charge in [0, 0.05) is 29.5 Å². The Balaban J connectivity index is 1.30. The number of halogens is 1. The minimum atomic E-state index is -0.0603. The summed E-state index contributed by atoms with van der Waals surface area (Å²) in [5.41, 5.74) is 2.80. The maximum absolute atomic E-state index is 12.4. The zero-order chi connectivity index (χ0) is 24.5. The van der Waals surface area contributed by atoms with Crippen LogP contribution in [0.15, 0.2) is 77.3 Å². The van der Waals surface area contributed by atoms with Crippen LogP contribution in [-0.2, 0) is 13.0 Å². The fraction of sp³-hybridized carbons (Fsp3) is 0.286. The van der Waals surface area contributed by atoms with Crippen LogP contribution in [0.1, 0.15) is 35.4 Å². The van der Waals surface area contributed by atoms with Crippen molar-refractivity contribution in [1.82, 2.24) is 14.9 Å². The van der Waals surface area contributed by atoms with Crippen molar-refractivity contribution in [3.05, 3.63) is 88.7 Å². The van der Waals surface area contributed by atoms with Gasteiger partial charge >= 0.3 is 0 Å². The van der Waals surface area contributed by atoms with Crippen LogP contribution in [0.4, 0.5) is 0 Å². The number of hydrogen-bond donors (Lipinski definition) is 1. The van der Waals surface area contributed by atoms with Crippen LogP contribution in [-0.4, -0.2) is 35.7 Å². The molecule has 0 bridgehead atoms. The lowest BCUT2D eigenvalue weighted by Gasteiger charge is -2.12. The van der Waals surface area contributed by atoms with E-state index in [9.17, 15) is 4.79 Å². The van der Waals surface area contributed by atoms with Crippen molar-refractivity contribution in [3.8, 4) is 11.5 Å². The first kappa shape index (κ1) is 24.8. The Morgan fingerprint density at radius 3 is 2.60 bits per heavy atom. The molecule has 7 heteroatoms. The second kappa shape index (κ2) is 12.4. The van der Waals surface area contributed by atoms with Gasteiger partial charge in [-0.05, 0) is 61.7 Å².